The van der Waals surface area contributed by atoms with Gasteiger partial charge in [-0.05, 0) is 61.5 Å². The summed E-state index contributed by atoms with van der Waals surface area (Å²) in [5, 5.41) is 4.22. The second kappa shape index (κ2) is 9.42. The average molecular weight is 508 g/mol. The standard InChI is InChI=1S/C21H16BrClN2O4S/c1-14-2-4-15(5-3-14)21(26)29-20-11-6-17(22)12-16(20)13-24-25-30(27,28)19-9-7-18(23)8-10-19/h2-13,25H,1H3. The minimum absolute atomic E-state index is 0.0179. The summed E-state index contributed by atoms with van der Waals surface area (Å²) in [5.41, 5.74) is 1.83. The van der Waals surface area contributed by atoms with E-state index in [1.165, 1.54) is 30.5 Å². The van der Waals surface area contributed by atoms with E-state index in [-0.39, 0.29) is 10.6 Å². The highest BCUT2D eigenvalue weighted by Crippen LogP contribution is 2.23. The number of nitrogens with zero attached hydrogens (tertiary/aromatic N) is 1. The number of halogens is 2. The van der Waals surface area contributed by atoms with E-state index in [0.717, 1.165) is 5.56 Å². The summed E-state index contributed by atoms with van der Waals surface area (Å²) in [7, 11) is -3.87. The van der Waals surface area contributed by atoms with Crippen molar-refractivity contribution in [3.63, 3.8) is 0 Å². The predicted octanol–water partition coefficient (Wildman–Crippen LogP) is 4.94. The predicted molar refractivity (Wildman–Crippen MR) is 120 cm³/mol. The van der Waals surface area contributed by atoms with Crippen molar-refractivity contribution in [3.8, 4) is 5.75 Å². The summed E-state index contributed by atoms with van der Waals surface area (Å²) in [5.74, 6) is -0.299. The lowest BCUT2D eigenvalue weighted by Gasteiger charge is -2.08. The number of carbonyl (C=O) groups excluding carboxylic acids is 1. The molecule has 0 fully saturated rings. The van der Waals surface area contributed by atoms with Crippen LogP contribution < -0.4 is 9.57 Å². The maximum absolute atomic E-state index is 12.4. The lowest BCUT2D eigenvalue weighted by molar-refractivity contribution is 0.0734. The van der Waals surface area contributed by atoms with Crippen LogP contribution in [-0.2, 0) is 10.0 Å². The molecule has 3 aromatic carbocycles. The van der Waals surface area contributed by atoms with Gasteiger partial charge in [0.25, 0.3) is 10.0 Å². The van der Waals surface area contributed by atoms with Crippen LogP contribution in [0.5, 0.6) is 5.75 Å². The Hall–Kier alpha value is -2.68. The van der Waals surface area contributed by atoms with Crippen molar-refractivity contribution in [2.75, 3.05) is 0 Å². The van der Waals surface area contributed by atoms with Gasteiger partial charge in [0.2, 0.25) is 0 Å². The number of rotatable bonds is 6. The SMILES string of the molecule is Cc1ccc(C(=O)Oc2ccc(Br)cc2C=NNS(=O)(=O)c2ccc(Cl)cc2)cc1. The molecule has 30 heavy (non-hydrogen) atoms. The molecule has 9 heteroatoms. The average Bonchev–Trinajstić information content (AvgIpc) is 2.70. The highest BCUT2D eigenvalue weighted by atomic mass is 79.9. The first-order valence-electron chi connectivity index (χ1n) is 8.63. The van der Waals surface area contributed by atoms with Gasteiger partial charge in [0.05, 0.1) is 16.7 Å². The van der Waals surface area contributed by atoms with Crippen LogP contribution in [0, 0.1) is 6.92 Å². The van der Waals surface area contributed by atoms with Gasteiger partial charge in [-0.3, -0.25) is 0 Å². The van der Waals surface area contributed by atoms with Gasteiger partial charge in [-0.25, -0.2) is 9.63 Å². The fraction of sp³-hybridized carbons (Fsp3) is 0.0476. The Morgan fingerprint density at radius 1 is 1.07 bits per heavy atom. The van der Waals surface area contributed by atoms with Crippen molar-refractivity contribution < 1.29 is 17.9 Å². The van der Waals surface area contributed by atoms with E-state index in [0.29, 0.717) is 20.6 Å². The molecule has 0 saturated heterocycles. The van der Waals surface area contributed by atoms with E-state index in [1.54, 1.807) is 30.3 Å². The van der Waals surface area contributed by atoms with Crippen LogP contribution in [0.1, 0.15) is 21.5 Å². The number of benzene rings is 3. The first kappa shape index (κ1) is 22.0. The zero-order valence-electron chi connectivity index (χ0n) is 15.7. The van der Waals surface area contributed by atoms with Gasteiger partial charge >= 0.3 is 5.97 Å². The second-order valence-corrected chi connectivity index (χ2v) is 9.26. The molecule has 1 N–H and O–H groups in total. The third kappa shape index (κ3) is 5.69. The molecule has 0 radical (unpaired) electrons. The van der Waals surface area contributed by atoms with Crippen molar-refractivity contribution in [1.82, 2.24) is 4.83 Å². The molecule has 0 aromatic heterocycles. The zero-order valence-corrected chi connectivity index (χ0v) is 18.8. The highest BCUT2D eigenvalue weighted by Gasteiger charge is 2.14. The number of sulfonamides is 1. The number of ether oxygens (including phenoxy) is 1. The minimum atomic E-state index is -3.87. The molecule has 0 aliphatic heterocycles. The summed E-state index contributed by atoms with van der Waals surface area (Å²) in [6, 6.07) is 17.6. The smallest absolute Gasteiger partial charge is 0.343 e. The van der Waals surface area contributed by atoms with Crippen LogP contribution in [0.25, 0.3) is 0 Å². The summed E-state index contributed by atoms with van der Waals surface area (Å²) < 4.78 is 30.8. The summed E-state index contributed by atoms with van der Waals surface area (Å²) in [6.07, 6.45) is 1.26. The van der Waals surface area contributed by atoms with Gasteiger partial charge < -0.3 is 4.74 Å². The molecule has 0 atom stereocenters. The van der Waals surface area contributed by atoms with E-state index in [4.69, 9.17) is 16.3 Å². The highest BCUT2D eigenvalue weighted by molar-refractivity contribution is 9.10. The molecule has 0 heterocycles. The summed E-state index contributed by atoms with van der Waals surface area (Å²) in [6.45, 7) is 1.92. The molecule has 0 aliphatic rings. The van der Waals surface area contributed by atoms with Crippen LogP contribution in [0.4, 0.5) is 0 Å². The molecule has 0 unspecified atom stereocenters. The normalized spacial score (nSPS) is 11.4. The van der Waals surface area contributed by atoms with Gasteiger partial charge in [0, 0.05) is 15.1 Å². The molecular formula is C21H16BrClN2O4S. The number of nitrogens with one attached hydrogen (secondary N) is 1. The van der Waals surface area contributed by atoms with Crippen LogP contribution in [0.15, 0.2) is 81.2 Å². The molecule has 6 nitrogen and oxygen atoms in total. The van der Waals surface area contributed by atoms with Crippen molar-refractivity contribution in [2.45, 2.75) is 11.8 Å². The summed E-state index contributed by atoms with van der Waals surface area (Å²) >= 11 is 9.12. The number of hydrogen-bond acceptors (Lipinski definition) is 5. The Morgan fingerprint density at radius 2 is 1.73 bits per heavy atom. The van der Waals surface area contributed by atoms with Crippen molar-refractivity contribution in [2.24, 2.45) is 5.10 Å². The van der Waals surface area contributed by atoms with Crippen molar-refractivity contribution >= 4 is 49.7 Å². The third-order valence-corrected chi connectivity index (χ3v) is 5.95. The fourth-order valence-corrected chi connectivity index (χ4v) is 3.69. The number of aryl methyl sites for hydroxylation is 1. The maximum atomic E-state index is 12.4. The maximum Gasteiger partial charge on any atom is 0.343 e. The van der Waals surface area contributed by atoms with Crippen molar-refractivity contribution in [1.29, 1.82) is 0 Å². The molecule has 3 aromatic rings. The van der Waals surface area contributed by atoms with Crippen molar-refractivity contribution in [3.05, 3.63) is 92.9 Å². The first-order valence-corrected chi connectivity index (χ1v) is 11.3. The van der Waals surface area contributed by atoms with Gasteiger partial charge in [0.15, 0.2) is 0 Å². The van der Waals surface area contributed by atoms with E-state index in [1.807, 2.05) is 19.1 Å². The number of esters is 1. The minimum Gasteiger partial charge on any atom is -0.422 e. The van der Waals surface area contributed by atoms with Gasteiger partial charge in [-0.1, -0.05) is 45.2 Å². The fourth-order valence-electron chi connectivity index (χ4n) is 2.39. The Balaban J connectivity index is 1.78. The molecule has 3 rings (SSSR count). The molecule has 0 aliphatic carbocycles. The van der Waals surface area contributed by atoms with Crippen LogP contribution in [0.2, 0.25) is 5.02 Å². The Labute approximate surface area is 187 Å². The molecule has 0 amide bonds. The largest absolute Gasteiger partial charge is 0.422 e. The topological polar surface area (TPSA) is 84.8 Å². The molecule has 154 valence electrons. The van der Waals surface area contributed by atoms with Gasteiger partial charge in [-0.15, -0.1) is 0 Å². The van der Waals surface area contributed by atoms with Gasteiger partial charge in [0.1, 0.15) is 5.75 Å². The number of carbonyl (C=O) groups is 1. The van der Waals surface area contributed by atoms with Gasteiger partial charge in [-0.2, -0.15) is 13.5 Å². The van der Waals surface area contributed by atoms with E-state index >= 15 is 0 Å². The molecule has 0 spiro atoms. The van der Waals surface area contributed by atoms with Crippen LogP contribution in [0.3, 0.4) is 0 Å². The Bertz CT molecular complexity index is 1190. The third-order valence-electron chi connectivity index (χ3n) is 3.96. The quantitative estimate of drug-likeness (QED) is 0.222. The molecule has 0 bridgehead atoms. The Kier molecular flexibility index (Phi) is 6.91. The van der Waals surface area contributed by atoms with E-state index in [9.17, 15) is 13.2 Å². The van der Waals surface area contributed by atoms with Crippen LogP contribution >= 0.6 is 27.5 Å². The second-order valence-electron chi connectivity index (χ2n) is 6.24. The first-order chi connectivity index (χ1) is 14.2. The Morgan fingerprint density at radius 3 is 2.40 bits per heavy atom. The lowest BCUT2D eigenvalue weighted by atomic mass is 10.1. The summed E-state index contributed by atoms with van der Waals surface area (Å²) in [4.78, 5) is 14.5. The number of hydrogen-bond donors (Lipinski definition) is 1. The molecule has 0 saturated carbocycles. The lowest BCUT2D eigenvalue weighted by Crippen LogP contribution is -2.18. The van der Waals surface area contributed by atoms with Crippen LogP contribution in [-0.4, -0.2) is 20.6 Å². The van der Waals surface area contributed by atoms with E-state index in [2.05, 4.69) is 25.9 Å². The van der Waals surface area contributed by atoms with E-state index < -0.39 is 16.0 Å². The zero-order chi connectivity index (χ0) is 21.7. The number of hydrazone groups is 1. The molecular weight excluding hydrogens is 492 g/mol. The monoisotopic (exact) mass is 506 g/mol.